The Kier molecular flexibility index (Phi) is 5.08. The predicted octanol–water partition coefficient (Wildman–Crippen LogP) is 5.14. The smallest absolute Gasteiger partial charge is 0.180 e. The Morgan fingerprint density at radius 3 is 2.26 bits per heavy atom. The number of benzene rings is 1. The molecule has 2 heterocycles. The van der Waals surface area contributed by atoms with Crippen molar-refractivity contribution >= 4 is 34.5 Å². The number of hydrogen-bond donors (Lipinski definition) is 0. The second-order valence-electron chi connectivity index (χ2n) is 7.92. The topological polar surface area (TPSA) is 56.3 Å². The summed E-state index contributed by atoms with van der Waals surface area (Å²) in [6.07, 6.45) is 0.707. The number of halogens is 1. The quantitative estimate of drug-likeness (QED) is 0.663. The molecule has 27 heavy (non-hydrogen) atoms. The van der Waals surface area contributed by atoms with Crippen molar-refractivity contribution in [2.75, 3.05) is 0 Å². The van der Waals surface area contributed by atoms with E-state index in [0.717, 1.165) is 21.0 Å². The highest BCUT2D eigenvalue weighted by Crippen LogP contribution is 2.42. The van der Waals surface area contributed by atoms with Gasteiger partial charge in [-0.05, 0) is 58.7 Å². The second-order valence-corrected chi connectivity index (χ2v) is 9.44. The third-order valence-corrected chi connectivity index (χ3v) is 6.45. The number of nitrogens with zero attached hydrogens (tertiary/aromatic N) is 1. The minimum Gasteiger partial charge on any atom is -0.354 e. The zero-order valence-corrected chi connectivity index (χ0v) is 18.0. The van der Waals surface area contributed by atoms with Crippen molar-refractivity contribution in [1.29, 1.82) is 0 Å². The van der Waals surface area contributed by atoms with Crippen LogP contribution in [0.25, 0.3) is 10.6 Å². The van der Waals surface area contributed by atoms with Crippen LogP contribution in [0, 0.1) is 6.92 Å². The molecule has 6 heteroatoms. The highest BCUT2D eigenvalue weighted by Gasteiger charge is 2.54. The molecule has 0 aliphatic carbocycles. The molecule has 3 rings (SSSR count). The lowest BCUT2D eigenvalue weighted by molar-refractivity contribution is -0.184. The van der Waals surface area contributed by atoms with Crippen LogP contribution in [-0.4, -0.2) is 27.8 Å². The zero-order chi connectivity index (χ0) is 20.1. The molecule has 0 atom stereocenters. The first-order valence-corrected chi connectivity index (χ1v) is 10.2. The van der Waals surface area contributed by atoms with Gasteiger partial charge in [0.15, 0.2) is 11.6 Å². The Balaban J connectivity index is 2.15. The maximum absolute atomic E-state index is 13.1. The van der Waals surface area contributed by atoms with Crippen LogP contribution < -0.4 is 0 Å². The molecule has 1 aliphatic heterocycles. The van der Waals surface area contributed by atoms with Crippen molar-refractivity contribution in [1.82, 2.24) is 4.98 Å². The van der Waals surface area contributed by atoms with Crippen molar-refractivity contribution in [3.63, 3.8) is 0 Å². The van der Waals surface area contributed by atoms with Crippen molar-refractivity contribution in [2.24, 2.45) is 0 Å². The predicted molar refractivity (Wildman–Crippen MR) is 109 cm³/mol. The largest absolute Gasteiger partial charge is 0.354 e. The number of aryl methyl sites for hydroxylation is 2. The Morgan fingerprint density at radius 1 is 1.15 bits per heavy atom. The summed E-state index contributed by atoms with van der Waals surface area (Å²) >= 11 is 7.60. The summed E-state index contributed by atoms with van der Waals surface area (Å²) in [6.45, 7) is 10.9. The van der Waals surface area contributed by atoms with Crippen molar-refractivity contribution in [2.45, 2.75) is 65.1 Å². The van der Waals surface area contributed by atoms with Crippen molar-refractivity contribution in [3.8, 4) is 10.6 Å². The first-order chi connectivity index (χ1) is 12.5. The van der Waals surface area contributed by atoms with Crippen LogP contribution in [-0.2, 0) is 20.7 Å². The van der Waals surface area contributed by atoms with Crippen molar-refractivity contribution in [3.05, 3.63) is 39.4 Å². The summed E-state index contributed by atoms with van der Waals surface area (Å²) in [7, 11) is 0. The van der Waals surface area contributed by atoms with Gasteiger partial charge in [-0.3, -0.25) is 9.59 Å². The van der Waals surface area contributed by atoms with E-state index < -0.39 is 17.1 Å². The fourth-order valence-corrected chi connectivity index (χ4v) is 4.98. The van der Waals surface area contributed by atoms with Crippen LogP contribution >= 0.6 is 22.9 Å². The van der Waals surface area contributed by atoms with Gasteiger partial charge in [-0.15, -0.1) is 11.3 Å². The lowest BCUT2D eigenvalue weighted by Crippen LogP contribution is -2.58. The van der Waals surface area contributed by atoms with Gasteiger partial charge >= 0.3 is 0 Å². The molecular weight excluding hydrogens is 382 g/mol. The molecule has 144 valence electrons. The molecule has 0 unspecified atom stereocenters. The van der Waals surface area contributed by atoms with Gasteiger partial charge in [0.2, 0.25) is 0 Å². The minimum absolute atomic E-state index is 0.230. The third-order valence-electron chi connectivity index (χ3n) is 4.96. The van der Waals surface area contributed by atoms with E-state index in [1.807, 2.05) is 32.0 Å². The molecule has 1 aromatic heterocycles. The van der Waals surface area contributed by atoms with Gasteiger partial charge in [0.1, 0.15) is 22.1 Å². The van der Waals surface area contributed by atoms with Gasteiger partial charge in [0, 0.05) is 15.5 Å². The molecule has 1 fully saturated rings. The molecule has 1 aromatic carbocycles. The zero-order valence-electron chi connectivity index (χ0n) is 16.5. The summed E-state index contributed by atoms with van der Waals surface area (Å²) in [4.78, 5) is 31.9. The molecular formula is C21H24ClNO3S. The highest BCUT2D eigenvalue weighted by molar-refractivity contribution is 7.15. The monoisotopic (exact) mass is 405 g/mol. The maximum Gasteiger partial charge on any atom is 0.180 e. The fraction of sp³-hybridized carbons (Fsp3) is 0.476. The average molecular weight is 406 g/mol. The van der Waals surface area contributed by atoms with E-state index in [-0.39, 0.29) is 11.6 Å². The summed E-state index contributed by atoms with van der Waals surface area (Å²) < 4.78 is 5.80. The molecule has 0 spiro atoms. The summed E-state index contributed by atoms with van der Waals surface area (Å²) in [6, 6.07) is 5.65. The van der Waals surface area contributed by atoms with Crippen LogP contribution in [0.5, 0.6) is 0 Å². The molecule has 4 nitrogen and oxygen atoms in total. The number of carbonyl (C=O) groups is 2. The summed E-state index contributed by atoms with van der Waals surface area (Å²) in [5.74, 6) is -1.35. The van der Waals surface area contributed by atoms with Crippen LogP contribution in [0.3, 0.4) is 0 Å². The van der Waals surface area contributed by atoms with E-state index in [1.54, 1.807) is 27.7 Å². The molecule has 0 amide bonds. The van der Waals surface area contributed by atoms with Crippen LogP contribution in [0.1, 0.15) is 56.7 Å². The number of ketones is 2. The lowest BCUT2D eigenvalue weighted by Gasteiger charge is -2.42. The molecule has 1 aliphatic rings. The number of aromatic nitrogens is 1. The van der Waals surface area contributed by atoms with Gasteiger partial charge < -0.3 is 4.74 Å². The van der Waals surface area contributed by atoms with E-state index in [2.05, 4.69) is 0 Å². The SMILES string of the molecule is CCc1sc(-c2ccc(Cl)cc2C)nc1C1C(=O)C(C)(C)OC(C)(C)C1=O. The van der Waals surface area contributed by atoms with E-state index >= 15 is 0 Å². The van der Waals surface area contributed by atoms with E-state index in [4.69, 9.17) is 21.3 Å². The first kappa shape index (κ1) is 20.2. The van der Waals surface area contributed by atoms with Crippen LogP contribution in [0.4, 0.5) is 0 Å². The van der Waals surface area contributed by atoms with Crippen molar-refractivity contribution < 1.29 is 14.3 Å². The lowest BCUT2D eigenvalue weighted by atomic mass is 9.76. The Bertz CT molecular complexity index is 904. The minimum atomic E-state index is -1.03. The second kappa shape index (κ2) is 6.80. The highest BCUT2D eigenvalue weighted by atomic mass is 35.5. The average Bonchev–Trinajstić information content (AvgIpc) is 2.96. The Hall–Kier alpha value is -1.56. The van der Waals surface area contributed by atoms with Gasteiger partial charge in [-0.1, -0.05) is 24.6 Å². The van der Waals surface area contributed by atoms with Gasteiger partial charge in [-0.25, -0.2) is 4.98 Å². The third kappa shape index (κ3) is 3.48. The number of Topliss-reactive ketones (excluding diaryl/α,β-unsaturated/α-hetero) is 2. The Labute approximate surface area is 168 Å². The van der Waals surface area contributed by atoms with Gasteiger partial charge in [0.25, 0.3) is 0 Å². The molecule has 2 aromatic rings. The fourth-order valence-electron chi connectivity index (χ4n) is 3.63. The molecule has 0 saturated carbocycles. The maximum atomic E-state index is 13.1. The number of rotatable bonds is 3. The first-order valence-electron chi connectivity index (χ1n) is 9.03. The number of hydrogen-bond acceptors (Lipinski definition) is 5. The summed E-state index contributed by atoms with van der Waals surface area (Å²) in [5, 5.41) is 1.47. The number of carbonyl (C=O) groups excluding carboxylic acids is 2. The van der Waals surface area contributed by atoms with Crippen LogP contribution in [0.2, 0.25) is 5.02 Å². The van der Waals surface area contributed by atoms with E-state index in [0.29, 0.717) is 17.1 Å². The molecule has 1 saturated heterocycles. The molecule has 0 bridgehead atoms. The normalized spacial score (nSPS) is 19.5. The van der Waals surface area contributed by atoms with Gasteiger partial charge in [0.05, 0.1) is 5.69 Å². The number of ether oxygens (including phenoxy) is 1. The molecule has 0 radical (unpaired) electrons. The summed E-state index contributed by atoms with van der Waals surface area (Å²) in [5.41, 5.74) is 0.484. The van der Waals surface area contributed by atoms with E-state index in [1.165, 1.54) is 11.3 Å². The van der Waals surface area contributed by atoms with Crippen LogP contribution in [0.15, 0.2) is 18.2 Å². The molecule has 0 N–H and O–H groups in total. The van der Waals surface area contributed by atoms with Gasteiger partial charge in [-0.2, -0.15) is 0 Å². The number of thiazole rings is 1. The standard InChI is InChI=1S/C21H24ClNO3S/c1-7-14-16(15-17(24)20(3,4)26-21(5,6)18(15)25)23-19(27-14)13-9-8-12(22)10-11(13)2/h8-10,15H,7H2,1-6H3. The van der Waals surface area contributed by atoms with E-state index in [9.17, 15) is 9.59 Å². The Morgan fingerprint density at radius 2 is 1.74 bits per heavy atom.